The molecule has 0 unspecified atom stereocenters. The first-order valence-electron chi connectivity index (χ1n) is 7.41. The van der Waals surface area contributed by atoms with Gasteiger partial charge in [-0.1, -0.05) is 39.0 Å². The van der Waals surface area contributed by atoms with E-state index in [1.165, 1.54) is 50.5 Å². The Hall–Kier alpha value is -0.960. The minimum absolute atomic E-state index is 0.596. The van der Waals surface area contributed by atoms with Crippen LogP contribution in [0.1, 0.15) is 69.2 Å². The summed E-state index contributed by atoms with van der Waals surface area (Å²) >= 11 is 0. The van der Waals surface area contributed by atoms with Crippen molar-refractivity contribution in [2.45, 2.75) is 64.3 Å². The summed E-state index contributed by atoms with van der Waals surface area (Å²) in [6.07, 6.45) is 13.4. The van der Waals surface area contributed by atoms with Gasteiger partial charge in [0, 0.05) is 30.4 Å². The van der Waals surface area contributed by atoms with Crippen LogP contribution in [0.25, 0.3) is 0 Å². The van der Waals surface area contributed by atoms with Crippen LogP contribution in [0, 0.1) is 0 Å². The van der Waals surface area contributed by atoms with Crippen molar-refractivity contribution in [1.29, 1.82) is 0 Å². The lowest BCUT2D eigenvalue weighted by Gasteiger charge is -2.18. The van der Waals surface area contributed by atoms with E-state index in [1.54, 1.807) is 0 Å². The van der Waals surface area contributed by atoms with Crippen molar-refractivity contribution in [3.63, 3.8) is 0 Å². The van der Waals surface area contributed by atoms with Crippen LogP contribution in [0.4, 0.5) is 0 Å². The van der Waals surface area contributed by atoms with E-state index in [2.05, 4.69) is 22.2 Å². The fourth-order valence-electron chi connectivity index (χ4n) is 2.65. The molecule has 100 valence electrons. The Labute approximate surface area is 110 Å². The molecule has 18 heavy (non-hydrogen) atoms. The lowest BCUT2D eigenvalue weighted by atomic mass is 9.90. The number of hydrogen-bond acceptors (Lipinski definition) is 3. The van der Waals surface area contributed by atoms with Gasteiger partial charge in [-0.15, -0.1) is 0 Å². The van der Waals surface area contributed by atoms with Crippen molar-refractivity contribution < 1.29 is 0 Å². The molecule has 1 heterocycles. The molecule has 0 radical (unpaired) electrons. The molecule has 1 aliphatic rings. The number of nitrogens with zero attached hydrogens (tertiary/aromatic N) is 2. The standard InChI is InChI=1S/C15H25N3/c1-2-16-10-13-11-17-15(18-12-13)14-8-6-4-3-5-7-9-14/h11-12,14,16H,2-10H2,1H3. The van der Waals surface area contributed by atoms with E-state index in [9.17, 15) is 0 Å². The number of nitrogens with one attached hydrogen (secondary N) is 1. The van der Waals surface area contributed by atoms with Gasteiger partial charge in [-0.3, -0.25) is 0 Å². The van der Waals surface area contributed by atoms with Crippen molar-refractivity contribution in [2.24, 2.45) is 0 Å². The molecular formula is C15H25N3. The van der Waals surface area contributed by atoms with Crippen LogP contribution in [-0.4, -0.2) is 16.5 Å². The maximum Gasteiger partial charge on any atom is 0.131 e. The van der Waals surface area contributed by atoms with E-state index < -0.39 is 0 Å². The van der Waals surface area contributed by atoms with E-state index in [1.807, 2.05) is 12.4 Å². The summed E-state index contributed by atoms with van der Waals surface area (Å²) in [7, 11) is 0. The molecule has 0 aliphatic heterocycles. The fourth-order valence-corrected chi connectivity index (χ4v) is 2.65. The molecule has 1 fully saturated rings. The highest BCUT2D eigenvalue weighted by molar-refractivity contribution is 5.07. The zero-order valence-corrected chi connectivity index (χ0v) is 11.5. The van der Waals surface area contributed by atoms with Crippen LogP contribution in [0.15, 0.2) is 12.4 Å². The average Bonchev–Trinajstić information content (AvgIpc) is 2.37. The lowest BCUT2D eigenvalue weighted by molar-refractivity contribution is 0.442. The SMILES string of the molecule is CCNCc1cnc(C2CCCCCCC2)nc1. The quantitative estimate of drug-likeness (QED) is 0.886. The summed E-state index contributed by atoms with van der Waals surface area (Å²) in [4.78, 5) is 9.15. The van der Waals surface area contributed by atoms with Crippen molar-refractivity contribution in [3.8, 4) is 0 Å². The molecule has 3 nitrogen and oxygen atoms in total. The van der Waals surface area contributed by atoms with Gasteiger partial charge in [0.15, 0.2) is 0 Å². The molecule has 1 aromatic heterocycles. The van der Waals surface area contributed by atoms with Gasteiger partial charge in [0.1, 0.15) is 5.82 Å². The van der Waals surface area contributed by atoms with E-state index in [-0.39, 0.29) is 0 Å². The van der Waals surface area contributed by atoms with Gasteiger partial charge in [0.05, 0.1) is 0 Å². The Balaban J connectivity index is 1.94. The van der Waals surface area contributed by atoms with Gasteiger partial charge >= 0.3 is 0 Å². The van der Waals surface area contributed by atoms with Gasteiger partial charge in [-0.2, -0.15) is 0 Å². The summed E-state index contributed by atoms with van der Waals surface area (Å²) in [5.74, 6) is 1.66. The maximum absolute atomic E-state index is 4.58. The summed E-state index contributed by atoms with van der Waals surface area (Å²) in [5.41, 5.74) is 1.19. The van der Waals surface area contributed by atoms with Crippen molar-refractivity contribution >= 4 is 0 Å². The maximum atomic E-state index is 4.58. The van der Waals surface area contributed by atoms with Crippen LogP contribution in [-0.2, 0) is 6.54 Å². The van der Waals surface area contributed by atoms with Gasteiger partial charge in [0.25, 0.3) is 0 Å². The van der Waals surface area contributed by atoms with Crippen LogP contribution in [0.5, 0.6) is 0 Å². The highest BCUT2D eigenvalue weighted by Crippen LogP contribution is 2.28. The molecule has 0 spiro atoms. The van der Waals surface area contributed by atoms with Gasteiger partial charge < -0.3 is 5.32 Å². The Morgan fingerprint density at radius 3 is 2.28 bits per heavy atom. The highest BCUT2D eigenvalue weighted by atomic mass is 14.9. The normalized spacial score (nSPS) is 18.3. The lowest BCUT2D eigenvalue weighted by Crippen LogP contribution is -2.13. The molecule has 0 amide bonds. The zero-order valence-electron chi connectivity index (χ0n) is 11.5. The van der Waals surface area contributed by atoms with Crippen LogP contribution >= 0.6 is 0 Å². The molecule has 3 heteroatoms. The summed E-state index contributed by atoms with van der Waals surface area (Å²) in [6.45, 7) is 3.98. The van der Waals surface area contributed by atoms with Crippen LogP contribution in [0.2, 0.25) is 0 Å². The Kier molecular flexibility index (Phi) is 5.59. The third-order valence-corrected chi connectivity index (χ3v) is 3.77. The largest absolute Gasteiger partial charge is 0.313 e. The first-order valence-corrected chi connectivity index (χ1v) is 7.41. The predicted molar refractivity (Wildman–Crippen MR) is 74.5 cm³/mol. The van der Waals surface area contributed by atoms with Crippen molar-refractivity contribution in [3.05, 3.63) is 23.8 Å². The van der Waals surface area contributed by atoms with Gasteiger partial charge in [-0.05, 0) is 19.4 Å². The topological polar surface area (TPSA) is 37.8 Å². The molecular weight excluding hydrogens is 222 g/mol. The highest BCUT2D eigenvalue weighted by Gasteiger charge is 2.15. The van der Waals surface area contributed by atoms with Crippen LogP contribution < -0.4 is 5.32 Å². The molecule has 0 bridgehead atoms. The second kappa shape index (κ2) is 7.47. The minimum Gasteiger partial charge on any atom is -0.313 e. The molecule has 2 rings (SSSR count). The molecule has 1 saturated carbocycles. The molecule has 0 aromatic carbocycles. The average molecular weight is 247 g/mol. The Bertz CT molecular complexity index is 326. The molecule has 0 atom stereocenters. The second-order valence-corrected chi connectivity index (χ2v) is 5.27. The first-order chi connectivity index (χ1) is 8.90. The number of hydrogen-bond donors (Lipinski definition) is 1. The van der Waals surface area contributed by atoms with E-state index in [0.29, 0.717) is 5.92 Å². The Morgan fingerprint density at radius 2 is 1.67 bits per heavy atom. The Morgan fingerprint density at radius 1 is 1.06 bits per heavy atom. The smallest absolute Gasteiger partial charge is 0.131 e. The van der Waals surface area contributed by atoms with Gasteiger partial charge in [-0.25, -0.2) is 9.97 Å². The number of rotatable bonds is 4. The van der Waals surface area contributed by atoms with E-state index in [4.69, 9.17) is 0 Å². The third-order valence-electron chi connectivity index (χ3n) is 3.77. The molecule has 1 aromatic rings. The zero-order chi connectivity index (χ0) is 12.6. The minimum atomic E-state index is 0.596. The predicted octanol–water partition coefficient (Wildman–Crippen LogP) is 3.41. The van der Waals surface area contributed by atoms with Gasteiger partial charge in [0.2, 0.25) is 0 Å². The summed E-state index contributed by atoms with van der Waals surface area (Å²) < 4.78 is 0. The molecule has 1 aliphatic carbocycles. The van der Waals surface area contributed by atoms with Crippen molar-refractivity contribution in [2.75, 3.05) is 6.54 Å². The van der Waals surface area contributed by atoms with Crippen LogP contribution in [0.3, 0.4) is 0 Å². The first kappa shape index (κ1) is 13.5. The monoisotopic (exact) mass is 247 g/mol. The van der Waals surface area contributed by atoms with Crippen molar-refractivity contribution in [1.82, 2.24) is 15.3 Å². The van der Waals surface area contributed by atoms with E-state index in [0.717, 1.165) is 18.9 Å². The summed E-state index contributed by atoms with van der Waals surface area (Å²) in [5, 5.41) is 3.30. The summed E-state index contributed by atoms with van der Waals surface area (Å²) in [6, 6.07) is 0. The molecule has 0 saturated heterocycles. The fraction of sp³-hybridized carbons (Fsp3) is 0.733. The third kappa shape index (κ3) is 4.05. The second-order valence-electron chi connectivity index (χ2n) is 5.27. The molecule has 1 N–H and O–H groups in total. The number of aromatic nitrogens is 2. The van der Waals surface area contributed by atoms with E-state index >= 15 is 0 Å².